The number of nitrogens with one attached hydrogen (secondary N) is 2. The Morgan fingerprint density at radius 2 is 2.05 bits per heavy atom. The van der Waals surface area contributed by atoms with Gasteiger partial charge in [0.2, 0.25) is 0 Å². The lowest BCUT2D eigenvalue weighted by atomic mass is 9.95. The van der Waals surface area contributed by atoms with Crippen LogP contribution in [0.3, 0.4) is 0 Å². The Labute approximate surface area is 114 Å². The van der Waals surface area contributed by atoms with Crippen LogP contribution in [0.25, 0.3) is 0 Å². The predicted molar refractivity (Wildman–Crippen MR) is 75.2 cm³/mol. The van der Waals surface area contributed by atoms with Gasteiger partial charge in [-0.1, -0.05) is 26.2 Å². The van der Waals surface area contributed by atoms with E-state index in [1.54, 1.807) is 6.07 Å². The van der Waals surface area contributed by atoms with Gasteiger partial charge in [0.05, 0.1) is 0 Å². The van der Waals surface area contributed by atoms with Gasteiger partial charge >= 0.3 is 0 Å². The second kappa shape index (κ2) is 7.07. The zero-order valence-corrected chi connectivity index (χ0v) is 11.5. The summed E-state index contributed by atoms with van der Waals surface area (Å²) in [5, 5.41) is 14.2. The lowest BCUT2D eigenvalue weighted by Gasteiger charge is -2.22. The van der Waals surface area contributed by atoms with Crippen molar-refractivity contribution in [1.29, 1.82) is 0 Å². The van der Waals surface area contributed by atoms with Crippen molar-refractivity contribution in [3.63, 3.8) is 0 Å². The maximum absolute atomic E-state index is 11.7. The SMILES string of the molecule is CCCNC(=O)c1ccc(NC2CCCCC2)nn1. The largest absolute Gasteiger partial charge is 0.366 e. The van der Waals surface area contributed by atoms with E-state index in [0.29, 0.717) is 18.3 Å². The van der Waals surface area contributed by atoms with Crippen LogP contribution in [-0.2, 0) is 0 Å². The number of carbonyl (C=O) groups excluding carboxylic acids is 1. The van der Waals surface area contributed by atoms with Gasteiger partial charge in [0.25, 0.3) is 5.91 Å². The number of anilines is 1. The average Bonchev–Trinajstić information content (AvgIpc) is 2.46. The van der Waals surface area contributed by atoms with E-state index in [-0.39, 0.29) is 5.91 Å². The van der Waals surface area contributed by atoms with Gasteiger partial charge in [-0.2, -0.15) is 0 Å². The molecule has 0 saturated heterocycles. The van der Waals surface area contributed by atoms with E-state index in [4.69, 9.17) is 0 Å². The van der Waals surface area contributed by atoms with E-state index in [9.17, 15) is 4.79 Å². The quantitative estimate of drug-likeness (QED) is 0.855. The molecule has 1 aliphatic rings. The van der Waals surface area contributed by atoms with E-state index >= 15 is 0 Å². The number of aromatic nitrogens is 2. The molecular weight excluding hydrogens is 240 g/mol. The zero-order valence-electron chi connectivity index (χ0n) is 11.5. The molecule has 1 saturated carbocycles. The van der Waals surface area contributed by atoms with Crippen molar-refractivity contribution in [2.75, 3.05) is 11.9 Å². The van der Waals surface area contributed by atoms with Crippen LogP contribution in [0.2, 0.25) is 0 Å². The van der Waals surface area contributed by atoms with Crippen molar-refractivity contribution in [3.05, 3.63) is 17.8 Å². The summed E-state index contributed by atoms with van der Waals surface area (Å²) in [6, 6.07) is 4.06. The van der Waals surface area contributed by atoms with Gasteiger partial charge in [-0.25, -0.2) is 0 Å². The molecule has 0 unspecified atom stereocenters. The van der Waals surface area contributed by atoms with Crippen molar-refractivity contribution in [2.45, 2.75) is 51.5 Å². The molecule has 1 fully saturated rings. The third-order valence-corrected chi connectivity index (χ3v) is 3.39. The molecule has 2 rings (SSSR count). The molecule has 1 heterocycles. The summed E-state index contributed by atoms with van der Waals surface area (Å²) in [4.78, 5) is 11.7. The topological polar surface area (TPSA) is 66.9 Å². The molecule has 104 valence electrons. The highest BCUT2D eigenvalue weighted by Gasteiger charge is 2.14. The summed E-state index contributed by atoms with van der Waals surface area (Å²) in [5.74, 6) is 0.609. The standard InChI is InChI=1S/C14H22N4O/c1-2-10-15-14(19)12-8-9-13(18-17-12)16-11-6-4-3-5-7-11/h8-9,11H,2-7,10H2,1H3,(H,15,19)(H,16,18). The highest BCUT2D eigenvalue weighted by atomic mass is 16.1. The second-order valence-corrected chi connectivity index (χ2v) is 5.04. The van der Waals surface area contributed by atoms with Crippen LogP contribution in [0.15, 0.2) is 12.1 Å². The van der Waals surface area contributed by atoms with Gasteiger partial charge in [-0.05, 0) is 31.4 Å². The Kier molecular flexibility index (Phi) is 5.12. The molecule has 0 aromatic carbocycles. The average molecular weight is 262 g/mol. The van der Waals surface area contributed by atoms with Crippen molar-refractivity contribution < 1.29 is 4.79 Å². The molecule has 0 bridgehead atoms. The highest BCUT2D eigenvalue weighted by molar-refractivity contribution is 5.92. The maximum Gasteiger partial charge on any atom is 0.271 e. The number of hydrogen-bond acceptors (Lipinski definition) is 4. The maximum atomic E-state index is 11.7. The first kappa shape index (κ1) is 13.8. The Bertz CT molecular complexity index is 398. The molecule has 1 aromatic rings. The smallest absolute Gasteiger partial charge is 0.271 e. The number of carbonyl (C=O) groups is 1. The molecule has 1 aromatic heterocycles. The summed E-state index contributed by atoms with van der Waals surface area (Å²) in [6.45, 7) is 2.69. The molecule has 1 amide bonds. The van der Waals surface area contributed by atoms with E-state index in [1.165, 1.54) is 32.1 Å². The molecule has 1 aliphatic carbocycles. The van der Waals surface area contributed by atoms with E-state index in [2.05, 4.69) is 20.8 Å². The predicted octanol–water partition coefficient (Wildman–Crippen LogP) is 2.36. The highest BCUT2D eigenvalue weighted by Crippen LogP contribution is 2.20. The molecule has 2 N–H and O–H groups in total. The summed E-state index contributed by atoms with van der Waals surface area (Å²) in [6.07, 6.45) is 7.20. The first-order valence-corrected chi connectivity index (χ1v) is 7.18. The second-order valence-electron chi connectivity index (χ2n) is 5.04. The minimum Gasteiger partial charge on any atom is -0.366 e. The normalized spacial score (nSPS) is 16.1. The van der Waals surface area contributed by atoms with Crippen molar-refractivity contribution in [1.82, 2.24) is 15.5 Å². The lowest BCUT2D eigenvalue weighted by Crippen LogP contribution is -2.26. The Morgan fingerprint density at radius 1 is 1.26 bits per heavy atom. The molecular formula is C14H22N4O. The molecule has 19 heavy (non-hydrogen) atoms. The summed E-state index contributed by atoms with van der Waals surface area (Å²) < 4.78 is 0. The molecule has 5 nitrogen and oxygen atoms in total. The fraction of sp³-hybridized carbons (Fsp3) is 0.643. The molecule has 0 radical (unpaired) electrons. The number of rotatable bonds is 5. The monoisotopic (exact) mass is 262 g/mol. The van der Waals surface area contributed by atoms with Crippen LogP contribution in [0, 0.1) is 0 Å². The fourth-order valence-electron chi connectivity index (χ4n) is 2.32. The van der Waals surface area contributed by atoms with Crippen LogP contribution in [0.5, 0.6) is 0 Å². The zero-order chi connectivity index (χ0) is 13.5. The Balaban J connectivity index is 1.88. The van der Waals surface area contributed by atoms with Gasteiger partial charge in [0, 0.05) is 12.6 Å². The van der Waals surface area contributed by atoms with E-state index in [1.807, 2.05) is 13.0 Å². The number of amides is 1. The van der Waals surface area contributed by atoms with Crippen molar-refractivity contribution in [3.8, 4) is 0 Å². The Hall–Kier alpha value is -1.65. The van der Waals surface area contributed by atoms with Gasteiger partial charge in [0.1, 0.15) is 5.82 Å². The minimum absolute atomic E-state index is 0.154. The number of nitrogens with zero attached hydrogens (tertiary/aromatic N) is 2. The Morgan fingerprint density at radius 3 is 2.68 bits per heavy atom. The molecule has 0 spiro atoms. The third kappa shape index (κ3) is 4.19. The van der Waals surface area contributed by atoms with Crippen LogP contribution in [-0.4, -0.2) is 28.7 Å². The summed E-state index contributed by atoms with van der Waals surface area (Å²) >= 11 is 0. The van der Waals surface area contributed by atoms with Gasteiger partial charge < -0.3 is 10.6 Å². The lowest BCUT2D eigenvalue weighted by molar-refractivity contribution is 0.0947. The summed E-state index contributed by atoms with van der Waals surface area (Å²) in [7, 11) is 0. The van der Waals surface area contributed by atoms with Crippen LogP contribution < -0.4 is 10.6 Å². The molecule has 0 aliphatic heterocycles. The molecule has 0 atom stereocenters. The van der Waals surface area contributed by atoms with Crippen molar-refractivity contribution >= 4 is 11.7 Å². The fourth-order valence-corrected chi connectivity index (χ4v) is 2.32. The van der Waals surface area contributed by atoms with Gasteiger partial charge in [0.15, 0.2) is 5.69 Å². The van der Waals surface area contributed by atoms with E-state index in [0.717, 1.165) is 12.2 Å². The van der Waals surface area contributed by atoms with Crippen LogP contribution in [0.1, 0.15) is 55.9 Å². The minimum atomic E-state index is -0.154. The van der Waals surface area contributed by atoms with Gasteiger partial charge in [-0.15, -0.1) is 10.2 Å². The summed E-state index contributed by atoms with van der Waals surface area (Å²) in [5.41, 5.74) is 0.377. The number of hydrogen-bond donors (Lipinski definition) is 2. The van der Waals surface area contributed by atoms with Crippen LogP contribution in [0.4, 0.5) is 5.82 Å². The third-order valence-electron chi connectivity index (χ3n) is 3.39. The molecule has 5 heteroatoms. The first-order chi connectivity index (χ1) is 9.29. The van der Waals surface area contributed by atoms with Crippen molar-refractivity contribution in [2.24, 2.45) is 0 Å². The van der Waals surface area contributed by atoms with Crippen LogP contribution >= 0.6 is 0 Å². The van der Waals surface area contributed by atoms with E-state index < -0.39 is 0 Å². The first-order valence-electron chi connectivity index (χ1n) is 7.18. The van der Waals surface area contributed by atoms with Gasteiger partial charge in [-0.3, -0.25) is 4.79 Å².